The van der Waals surface area contributed by atoms with Crippen molar-refractivity contribution >= 4 is 41.5 Å². The maximum atomic E-state index is 13.3. The Morgan fingerprint density at radius 2 is 1.90 bits per heavy atom. The van der Waals surface area contributed by atoms with Crippen molar-refractivity contribution in [1.29, 1.82) is 0 Å². The summed E-state index contributed by atoms with van der Waals surface area (Å²) in [6.45, 7) is 5.31. The van der Waals surface area contributed by atoms with E-state index in [0.717, 1.165) is 16.8 Å². The van der Waals surface area contributed by atoms with Gasteiger partial charge in [0.15, 0.2) is 5.96 Å². The first-order valence-electron chi connectivity index (χ1n) is 9.23. The third-order valence-electron chi connectivity index (χ3n) is 4.66. The first-order chi connectivity index (χ1) is 13.9. The maximum absolute atomic E-state index is 13.3. The zero-order valence-corrected chi connectivity index (χ0v) is 20.1. The molecule has 0 unspecified atom stereocenters. The molecule has 0 amide bonds. The smallest absolute Gasteiger partial charge is 0.191 e. The molecule has 0 bridgehead atoms. The van der Waals surface area contributed by atoms with Crippen LogP contribution in [0, 0.1) is 5.82 Å². The van der Waals surface area contributed by atoms with Crippen LogP contribution in [0.1, 0.15) is 25.0 Å². The molecule has 3 aromatic rings. The largest absolute Gasteiger partial charge is 0.356 e. The lowest BCUT2D eigenvalue weighted by atomic mass is 9.84. The number of benzene rings is 2. The van der Waals surface area contributed by atoms with Gasteiger partial charge in [-0.25, -0.2) is 14.1 Å². The van der Waals surface area contributed by atoms with Gasteiger partial charge in [-0.05, 0) is 35.4 Å². The molecule has 0 aliphatic rings. The fourth-order valence-corrected chi connectivity index (χ4v) is 3.38. The van der Waals surface area contributed by atoms with Crippen LogP contribution in [-0.2, 0) is 12.0 Å². The van der Waals surface area contributed by atoms with Gasteiger partial charge in [0, 0.05) is 30.6 Å². The summed E-state index contributed by atoms with van der Waals surface area (Å²) in [5.41, 5.74) is 2.64. The van der Waals surface area contributed by atoms with Gasteiger partial charge in [0.05, 0.1) is 5.69 Å². The number of rotatable bonds is 6. The molecule has 9 heteroatoms. The average molecular weight is 543 g/mol. The van der Waals surface area contributed by atoms with Gasteiger partial charge in [0.1, 0.15) is 18.5 Å². The number of halogens is 3. The minimum atomic E-state index is -0.338. The molecule has 0 aliphatic heterocycles. The van der Waals surface area contributed by atoms with Crippen molar-refractivity contribution < 1.29 is 4.39 Å². The van der Waals surface area contributed by atoms with Gasteiger partial charge < -0.3 is 10.6 Å². The van der Waals surface area contributed by atoms with Crippen LogP contribution in [-0.4, -0.2) is 34.3 Å². The fourth-order valence-electron chi connectivity index (χ4n) is 2.95. The summed E-state index contributed by atoms with van der Waals surface area (Å²) in [4.78, 5) is 8.23. The number of guanidine groups is 1. The van der Waals surface area contributed by atoms with Crippen LogP contribution in [0.2, 0.25) is 5.02 Å². The Morgan fingerprint density at radius 1 is 1.17 bits per heavy atom. The van der Waals surface area contributed by atoms with Gasteiger partial charge in [-0.1, -0.05) is 43.6 Å². The monoisotopic (exact) mass is 542 g/mol. The summed E-state index contributed by atoms with van der Waals surface area (Å²) in [5.74, 6) is 0.339. The molecular weight excluding hydrogens is 518 g/mol. The summed E-state index contributed by atoms with van der Waals surface area (Å²) < 4.78 is 15.0. The number of hydrogen-bond acceptors (Lipinski definition) is 3. The van der Waals surface area contributed by atoms with E-state index in [0.29, 0.717) is 24.1 Å². The predicted molar refractivity (Wildman–Crippen MR) is 129 cm³/mol. The highest BCUT2D eigenvalue weighted by atomic mass is 127. The van der Waals surface area contributed by atoms with Crippen LogP contribution in [0.25, 0.3) is 5.69 Å². The number of aliphatic imine (C=N–C) groups is 1. The predicted octanol–water partition coefficient (Wildman–Crippen LogP) is 4.32. The second-order valence-electron chi connectivity index (χ2n) is 7.29. The molecule has 30 heavy (non-hydrogen) atoms. The number of nitrogens with one attached hydrogen (secondary N) is 2. The summed E-state index contributed by atoms with van der Waals surface area (Å²) in [6.07, 6.45) is 3.17. The molecular formula is C21H25ClFIN6. The fraction of sp³-hybridized carbons (Fsp3) is 0.286. The maximum Gasteiger partial charge on any atom is 0.191 e. The van der Waals surface area contributed by atoms with Crippen LogP contribution in [0.5, 0.6) is 0 Å². The van der Waals surface area contributed by atoms with Crippen LogP contribution >= 0.6 is 35.6 Å². The number of hydrogen-bond donors (Lipinski definition) is 2. The molecule has 2 aromatic carbocycles. The molecule has 6 nitrogen and oxygen atoms in total. The van der Waals surface area contributed by atoms with E-state index in [1.165, 1.54) is 18.5 Å². The van der Waals surface area contributed by atoms with Gasteiger partial charge in [0.25, 0.3) is 0 Å². The Bertz CT molecular complexity index is 974. The summed E-state index contributed by atoms with van der Waals surface area (Å²) in [6, 6.07) is 12.5. The number of nitrogens with zero attached hydrogens (tertiary/aromatic N) is 4. The van der Waals surface area contributed by atoms with E-state index < -0.39 is 0 Å². The standard InChI is InChI=1S/C21H24ClFN6.HI/c1-21(2,18-9-6-16(23)10-19(18)22)12-27-20(24-3)26-11-15-4-7-17(8-5-15)29-14-25-13-28-29;/h4-10,13-14H,11-12H2,1-3H3,(H2,24,26,27);1H. The highest BCUT2D eigenvalue weighted by Crippen LogP contribution is 2.29. The summed E-state index contributed by atoms with van der Waals surface area (Å²) >= 11 is 6.23. The first-order valence-corrected chi connectivity index (χ1v) is 9.61. The van der Waals surface area contributed by atoms with Crippen LogP contribution < -0.4 is 10.6 Å². The van der Waals surface area contributed by atoms with Crippen molar-refractivity contribution in [2.24, 2.45) is 4.99 Å². The summed E-state index contributed by atoms with van der Waals surface area (Å²) in [5, 5.41) is 11.2. The van der Waals surface area contributed by atoms with Crippen LogP contribution in [0.15, 0.2) is 60.1 Å². The molecule has 0 fully saturated rings. The molecule has 0 radical (unpaired) electrons. The van der Waals surface area contributed by atoms with Crippen molar-refractivity contribution in [3.63, 3.8) is 0 Å². The van der Waals surface area contributed by atoms with Crippen LogP contribution in [0.4, 0.5) is 4.39 Å². The Labute approximate surface area is 198 Å². The molecule has 2 N–H and O–H groups in total. The lowest BCUT2D eigenvalue weighted by Gasteiger charge is -2.27. The minimum absolute atomic E-state index is 0. The second kappa shape index (κ2) is 10.7. The molecule has 160 valence electrons. The van der Waals surface area contributed by atoms with E-state index in [1.807, 2.05) is 24.3 Å². The van der Waals surface area contributed by atoms with Crippen LogP contribution in [0.3, 0.4) is 0 Å². The normalized spacial score (nSPS) is 11.7. The third-order valence-corrected chi connectivity index (χ3v) is 4.97. The third kappa shape index (κ3) is 6.15. The van der Waals surface area contributed by atoms with Crippen molar-refractivity contribution in [2.75, 3.05) is 13.6 Å². The molecule has 0 saturated carbocycles. The Balaban J connectivity index is 0.00000320. The van der Waals surface area contributed by atoms with Crippen molar-refractivity contribution in [1.82, 2.24) is 25.4 Å². The van der Waals surface area contributed by atoms with E-state index >= 15 is 0 Å². The van der Waals surface area contributed by atoms with Gasteiger partial charge >= 0.3 is 0 Å². The SMILES string of the molecule is CN=C(NCc1ccc(-n2cncn2)cc1)NCC(C)(C)c1ccc(F)cc1Cl.I. The molecule has 0 spiro atoms. The first kappa shape index (κ1) is 24.1. The Morgan fingerprint density at radius 3 is 2.50 bits per heavy atom. The Hall–Kier alpha value is -2.20. The molecule has 0 saturated heterocycles. The van der Waals surface area contributed by atoms with Crippen molar-refractivity contribution in [3.05, 3.63) is 77.1 Å². The second-order valence-corrected chi connectivity index (χ2v) is 7.70. The van der Waals surface area contributed by atoms with Crippen molar-refractivity contribution in [3.8, 4) is 5.69 Å². The van der Waals surface area contributed by atoms with Crippen molar-refractivity contribution in [2.45, 2.75) is 25.8 Å². The van der Waals surface area contributed by atoms with E-state index in [-0.39, 0.29) is 35.2 Å². The molecule has 1 heterocycles. The molecule has 1 aromatic heterocycles. The van der Waals surface area contributed by atoms with Gasteiger partial charge in [0.2, 0.25) is 0 Å². The molecule has 3 rings (SSSR count). The quantitative estimate of drug-likeness (QED) is 0.277. The highest BCUT2D eigenvalue weighted by Gasteiger charge is 2.24. The molecule has 0 atom stereocenters. The van der Waals surface area contributed by atoms with Gasteiger partial charge in [-0.3, -0.25) is 4.99 Å². The highest BCUT2D eigenvalue weighted by molar-refractivity contribution is 14.0. The van der Waals surface area contributed by atoms with E-state index in [2.05, 4.69) is 39.6 Å². The molecule has 0 aliphatic carbocycles. The van der Waals surface area contributed by atoms with E-state index in [9.17, 15) is 4.39 Å². The van der Waals surface area contributed by atoms with Gasteiger partial charge in [-0.2, -0.15) is 5.10 Å². The number of aromatic nitrogens is 3. The average Bonchev–Trinajstić information content (AvgIpc) is 3.23. The zero-order chi connectivity index (χ0) is 20.9. The van der Waals surface area contributed by atoms with E-state index in [4.69, 9.17) is 11.6 Å². The minimum Gasteiger partial charge on any atom is -0.356 e. The summed E-state index contributed by atoms with van der Waals surface area (Å²) in [7, 11) is 1.72. The van der Waals surface area contributed by atoms with E-state index in [1.54, 1.807) is 24.1 Å². The lowest BCUT2D eigenvalue weighted by molar-refractivity contribution is 0.507. The van der Waals surface area contributed by atoms with Gasteiger partial charge in [-0.15, -0.1) is 24.0 Å². The topological polar surface area (TPSA) is 67.1 Å². The lowest BCUT2D eigenvalue weighted by Crippen LogP contribution is -2.43. The Kier molecular flexibility index (Phi) is 8.60. The zero-order valence-electron chi connectivity index (χ0n) is 17.1.